The lowest BCUT2D eigenvalue weighted by molar-refractivity contribution is 1.16. The van der Waals surface area contributed by atoms with Crippen LogP contribution in [0.15, 0.2) is 11.0 Å². The van der Waals surface area contributed by atoms with Crippen molar-refractivity contribution in [2.45, 2.75) is 6.92 Å². The van der Waals surface area contributed by atoms with E-state index in [1.165, 1.54) is 0 Å². The van der Waals surface area contributed by atoms with E-state index in [1.807, 2.05) is 6.92 Å². The first-order valence-corrected chi connectivity index (χ1v) is 2.03. The second-order valence-corrected chi connectivity index (χ2v) is 1.43. The van der Waals surface area contributed by atoms with Crippen molar-refractivity contribution in [3.8, 4) is 0 Å². The number of H-pyrrole nitrogens is 2. The predicted molar refractivity (Wildman–Crippen MR) is 30.4 cm³/mol. The molecule has 0 aromatic carbocycles. The van der Waals surface area contributed by atoms with Crippen molar-refractivity contribution in [1.29, 1.82) is 0 Å². The highest BCUT2D eigenvalue weighted by Crippen LogP contribution is 1.76. The van der Waals surface area contributed by atoms with Crippen LogP contribution in [0.3, 0.4) is 0 Å². The van der Waals surface area contributed by atoms with Gasteiger partial charge in [0.1, 0.15) is 0 Å². The molecule has 1 rings (SSSR count). The molecule has 0 unspecified atom stereocenters. The molecule has 0 radical (unpaired) electrons. The number of nitrogens with one attached hydrogen (secondary N) is 2. The molecule has 0 saturated carbocycles. The standard InChI is InChI=1S/C4H6N2O.2H2/c1-3-2-5-4(7)6-3;;/h2H,1H3,(H2,5,6,7);2*1H. The Morgan fingerprint density at radius 1 is 1.86 bits per heavy atom. The van der Waals surface area contributed by atoms with Crippen molar-refractivity contribution in [3.63, 3.8) is 0 Å². The molecule has 0 aliphatic heterocycles. The van der Waals surface area contributed by atoms with Crippen LogP contribution in [0.1, 0.15) is 8.55 Å². The summed E-state index contributed by atoms with van der Waals surface area (Å²) >= 11 is 0. The maximum atomic E-state index is 10.2. The van der Waals surface area contributed by atoms with E-state index < -0.39 is 0 Å². The lowest BCUT2D eigenvalue weighted by Crippen LogP contribution is -1.99. The molecular formula is C4H10N2O. The molecule has 0 bridgehead atoms. The minimum absolute atomic E-state index is 0. The highest BCUT2D eigenvalue weighted by Gasteiger charge is 1.81. The van der Waals surface area contributed by atoms with Gasteiger partial charge in [0.05, 0.1) is 0 Å². The number of rotatable bonds is 0. The van der Waals surface area contributed by atoms with Gasteiger partial charge in [0, 0.05) is 14.7 Å². The van der Waals surface area contributed by atoms with E-state index in [0.29, 0.717) is 0 Å². The zero-order valence-corrected chi connectivity index (χ0v) is 3.99. The summed E-state index contributed by atoms with van der Waals surface area (Å²) in [4.78, 5) is 15.2. The Hall–Kier alpha value is -0.990. The quantitative estimate of drug-likeness (QED) is 0.492. The maximum Gasteiger partial charge on any atom is 0.323 e. The normalized spacial score (nSPS) is 9.29. The Morgan fingerprint density at radius 2 is 2.57 bits per heavy atom. The Labute approximate surface area is 43.4 Å². The van der Waals surface area contributed by atoms with Crippen LogP contribution < -0.4 is 5.69 Å². The highest BCUT2D eigenvalue weighted by molar-refractivity contribution is 4.88. The molecule has 0 spiro atoms. The first kappa shape index (κ1) is 4.18. The Bertz CT molecular complexity index is 204. The molecule has 42 valence electrons. The van der Waals surface area contributed by atoms with Gasteiger partial charge in [0.15, 0.2) is 0 Å². The Kier molecular flexibility index (Phi) is 0.749. The van der Waals surface area contributed by atoms with Crippen molar-refractivity contribution in [1.82, 2.24) is 9.97 Å². The lowest BCUT2D eigenvalue weighted by atomic mass is 10.6. The first-order valence-electron chi connectivity index (χ1n) is 2.03. The van der Waals surface area contributed by atoms with Crippen LogP contribution in [-0.2, 0) is 0 Å². The molecule has 3 nitrogen and oxygen atoms in total. The molecule has 1 aromatic rings. The minimum Gasteiger partial charge on any atom is -0.313 e. The molecule has 0 aliphatic carbocycles. The third-order valence-corrected chi connectivity index (χ3v) is 0.730. The van der Waals surface area contributed by atoms with Crippen molar-refractivity contribution < 1.29 is 2.85 Å². The first-order chi connectivity index (χ1) is 3.29. The van der Waals surface area contributed by atoms with Gasteiger partial charge in [0.25, 0.3) is 0 Å². The van der Waals surface area contributed by atoms with Gasteiger partial charge < -0.3 is 9.97 Å². The minimum atomic E-state index is -0.141. The van der Waals surface area contributed by atoms with E-state index in [2.05, 4.69) is 9.97 Å². The molecule has 1 aromatic heterocycles. The van der Waals surface area contributed by atoms with Gasteiger partial charge in [-0.15, -0.1) is 0 Å². The second-order valence-electron chi connectivity index (χ2n) is 1.43. The Morgan fingerprint density at radius 3 is 2.71 bits per heavy atom. The second kappa shape index (κ2) is 1.26. The molecule has 2 N–H and O–H groups in total. The van der Waals surface area contributed by atoms with Crippen LogP contribution in [0.2, 0.25) is 0 Å². The summed E-state index contributed by atoms with van der Waals surface area (Å²) in [5.41, 5.74) is 0.725. The summed E-state index contributed by atoms with van der Waals surface area (Å²) in [7, 11) is 0. The maximum absolute atomic E-state index is 10.2. The lowest BCUT2D eigenvalue weighted by Gasteiger charge is -1.67. The summed E-state index contributed by atoms with van der Waals surface area (Å²) in [6, 6.07) is 0. The number of aromatic nitrogens is 2. The molecule has 0 aliphatic rings. The average molecular weight is 102 g/mol. The van der Waals surface area contributed by atoms with Gasteiger partial charge in [-0.05, 0) is 6.92 Å². The summed E-state index contributed by atoms with van der Waals surface area (Å²) in [5.74, 6) is 0. The van der Waals surface area contributed by atoms with Gasteiger partial charge in [-0.25, -0.2) is 4.79 Å². The summed E-state index contributed by atoms with van der Waals surface area (Å²) in [5, 5.41) is 0. The summed E-state index contributed by atoms with van der Waals surface area (Å²) < 4.78 is 0. The van der Waals surface area contributed by atoms with Crippen LogP contribution in [-0.4, -0.2) is 9.97 Å². The number of hydrogen-bond acceptors (Lipinski definition) is 1. The summed E-state index contributed by atoms with van der Waals surface area (Å²) in [6.45, 7) is 1.82. The van der Waals surface area contributed by atoms with Crippen molar-refractivity contribution in [2.75, 3.05) is 0 Å². The van der Waals surface area contributed by atoms with E-state index in [4.69, 9.17) is 0 Å². The van der Waals surface area contributed by atoms with E-state index >= 15 is 0 Å². The van der Waals surface area contributed by atoms with Crippen molar-refractivity contribution in [3.05, 3.63) is 22.4 Å². The summed E-state index contributed by atoms with van der Waals surface area (Å²) in [6.07, 6.45) is 1.63. The van der Waals surface area contributed by atoms with Gasteiger partial charge in [0.2, 0.25) is 0 Å². The largest absolute Gasteiger partial charge is 0.323 e. The van der Waals surface area contributed by atoms with Crippen molar-refractivity contribution >= 4 is 0 Å². The topological polar surface area (TPSA) is 48.6 Å². The predicted octanol–water partition coefficient (Wildman–Crippen LogP) is 0.503. The van der Waals surface area contributed by atoms with Crippen LogP contribution in [0.4, 0.5) is 0 Å². The molecule has 3 heteroatoms. The number of aryl methyl sites for hydroxylation is 1. The fraction of sp³-hybridized carbons (Fsp3) is 0.250. The van der Waals surface area contributed by atoms with Gasteiger partial charge in [-0.1, -0.05) is 0 Å². The van der Waals surface area contributed by atoms with Crippen LogP contribution >= 0.6 is 0 Å². The number of imidazole rings is 1. The molecule has 7 heavy (non-hydrogen) atoms. The smallest absolute Gasteiger partial charge is 0.313 e. The third kappa shape index (κ3) is 0.707. The molecule has 1 heterocycles. The zero-order chi connectivity index (χ0) is 5.28. The molecule has 0 fully saturated rings. The number of hydrogen-bond donors (Lipinski definition) is 2. The fourth-order valence-electron chi connectivity index (χ4n) is 0.425. The van der Waals surface area contributed by atoms with E-state index in [0.717, 1.165) is 5.69 Å². The highest BCUT2D eigenvalue weighted by atomic mass is 16.1. The van der Waals surface area contributed by atoms with Gasteiger partial charge in [-0.3, -0.25) is 0 Å². The van der Waals surface area contributed by atoms with Crippen LogP contribution in [0.25, 0.3) is 0 Å². The average Bonchev–Trinajstić information content (AvgIpc) is 1.87. The van der Waals surface area contributed by atoms with E-state index in [-0.39, 0.29) is 8.54 Å². The fourth-order valence-corrected chi connectivity index (χ4v) is 0.425. The Balaban J connectivity index is 0. The van der Waals surface area contributed by atoms with E-state index in [9.17, 15) is 4.79 Å². The molecule has 0 saturated heterocycles. The molecule has 0 amide bonds. The van der Waals surface area contributed by atoms with Gasteiger partial charge >= 0.3 is 5.69 Å². The molecular weight excluding hydrogens is 92.1 g/mol. The van der Waals surface area contributed by atoms with Crippen molar-refractivity contribution in [2.24, 2.45) is 0 Å². The monoisotopic (exact) mass is 102 g/mol. The van der Waals surface area contributed by atoms with Crippen LogP contribution in [0.5, 0.6) is 0 Å². The van der Waals surface area contributed by atoms with E-state index in [1.54, 1.807) is 6.20 Å². The zero-order valence-electron chi connectivity index (χ0n) is 3.99. The SMILES string of the molecule is Cc1c[nH]c(=O)[nH]1.[HH].[HH]. The third-order valence-electron chi connectivity index (χ3n) is 0.730. The van der Waals surface area contributed by atoms with Crippen LogP contribution in [0, 0.1) is 6.92 Å². The molecule has 0 atom stereocenters. The van der Waals surface area contributed by atoms with Gasteiger partial charge in [-0.2, -0.15) is 0 Å². The number of aromatic amines is 2.